The third-order valence-corrected chi connectivity index (χ3v) is 7.75. The zero-order chi connectivity index (χ0) is 31.6. The van der Waals surface area contributed by atoms with Gasteiger partial charge in [0.25, 0.3) is 5.91 Å². The molecule has 2 aromatic heterocycles. The summed E-state index contributed by atoms with van der Waals surface area (Å²) in [5.41, 5.74) is 0.00431. The van der Waals surface area contributed by atoms with Gasteiger partial charge in [-0.3, -0.25) is 9.78 Å². The summed E-state index contributed by atoms with van der Waals surface area (Å²) in [5, 5.41) is 8.47. The van der Waals surface area contributed by atoms with Gasteiger partial charge in [0, 0.05) is 55.7 Å². The molecule has 9 nitrogen and oxygen atoms in total. The molecule has 0 atom stereocenters. The molecule has 2 fully saturated rings. The van der Waals surface area contributed by atoms with Gasteiger partial charge in [0.2, 0.25) is 0 Å². The number of ether oxygens (including phenoxy) is 2. The van der Waals surface area contributed by atoms with E-state index < -0.39 is 23.4 Å². The van der Waals surface area contributed by atoms with E-state index in [4.69, 9.17) is 26.3 Å². The Hall–Kier alpha value is -4.47. The summed E-state index contributed by atoms with van der Waals surface area (Å²) in [6.07, 6.45) is 1.46. The molecule has 0 spiro atoms. The highest BCUT2D eigenvalue weighted by molar-refractivity contribution is 6.36. The number of nitrogens with zero attached hydrogens (tertiary/aromatic N) is 6. The number of nitriles is 1. The van der Waals surface area contributed by atoms with Crippen LogP contribution in [0.4, 0.5) is 19.0 Å². The molecule has 0 aliphatic carbocycles. The standard InChI is InChI=1S/C29H25ClF3N5O3.C2H3N/c1-16(31)27(39)38-10-8-37(9-11-38)26-19-12-34-24(18-5-3-4-17-6-7-20(32)22(30)21(17)18)23(33)25(19)35-28(36-26)41-15-29(2)13-40-14-29;1-2-3/h3-7,12H,1,8-11,13-15H2,2H3;1H3. The van der Waals surface area contributed by atoms with Crippen LogP contribution in [0.5, 0.6) is 6.01 Å². The summed E-state index contributed by atoms with van der Waals surface area (Å²) < 4.78 is 55.4. The van der Waals surface area contributed by atoms with Crippen LogP contribution in [-0.4, -0.2) is 71.8 Å². The lowest BCUT2D eigenvalue weighted by atomic mass is 9.90. The van der Waals surface area contributed by atoms with Crippen LogP contribution < -0.4 is 9.64 Å². The molecule has 4 aromatic rings. The number of carbonyl (C=O) groups is 1. The molecule has 2 aliphatic rings. The van der Waals surface area contributed by atoms with Gasteiger partial charge in [-0.25, -0.2) is 13.2 Å². The molecule has 228 valence electrons. The summed E-state index contributed by atoms with van der Waals surface area (Å²) in [5.74, 6) is -2.80. The molecule has 4 heterocycles. The summed E-state index contributed by atoms with van der Waals surface area (Å²) in [6, 6.07) is 9.63. The minimum Gasteiger partial charge on any atom is -0.463 e. The highest BCUT2D eigenvalue weighted by Gasteiger charge is 2.35. The topological polar surface area (TPSA) is 104 Å². The van der Waals surface area contributed by atoms with E-state index in [0.717, 1.165) is 0 Å². The van der Waals surface area contributed by atoms with Gasteiger partial charge in [0.1, 0.15) is 29.5 Å². The van der Waals surface area contributed by atoms with Crippen LogP contribution in [-0.2, 0) is 9.53 Å². The van der Waals surface area contributed by atoms with Crippen molar-refractivity contribution in [3.05, 3.63) is 65.6 Å². The second-order valence-electron chi connectivity index (χ2n) is 10.8. The average Bonchev–Trinajstić information content (AvgIpc) is 3.01. The maximum atomic E-state index is 16.4. The molecular weight excluding hydrogens is 597 g/mol. The van der Waals surface area contributed by atoms with Gasteiger partial charge >= 0.3 is 6.01 Å². The molecule has 0 N–H and O–H groups in total. The largest absolute Gasteiger partial charge is 0.463 e. The molecule has 13 heteroatoms. The van der Waals surface area contributed by atoms with Crippen LogP contribution in [0.25, 0.3) is 32.9 Å². The number of anilines is 1. The second kappa shape index (κ2) is 12.6. The number of hydrogen-bond acceptors (Lipinski definition) is 8. The van der Waals surface area contributed by atoms with Crippen molar-refractivity contribution in [1.82, 2.24) is 19.9 Å². The number of pyridine rings is 1. The van der Waals surface area contributed by atoms with Gasteiger partial charge in [-0.1, -0.05) is 49.4 Å². The van der Waals surface area contributed by atoms with E-state index in [9.17, 15) is 13.6 Å². The van der Waals surface area contributed by atoms with E-state index in [1.807, 2.05) is 11.8 Å². The molecule has 2 aliphatic heterocycles. The number of halogens is 4. The fourth-order valence-corrected chi connectivity index (χ4v) is 5.36. The Morgan fingerprint density at radius 2 is 1.89 bits per heavy atom. The van der Waals surface area contributed by atoms with E-state index in [-0.39, 0.29) is 47.4 Å². The van der Waals surface area contributed by atoms with E-state index in [1.54, 1.807) is 30.3 Å². The van der Waals surface area contributed by atoms with Crippen LogP contribution in [0, 0.1) is 28.4 Å². The van der Waals surface area contributed by atoms with Gasteiger partial charge in [-0.05, 0) is 11.5 Å². The zero-order valence-corrected chi connectivity index (χ0v) is 24.8. The number of hydrogen-bond donors (Lipinski definition) is 0. The first-order valence-corrected chi connectivity index (χ1v) is 14.1. The first-order valence-electron chi connectivity index (χ1n) is 13.7. The third kappa shape index (κ3) is 5.98. The summed E-state index contributed by atoms with van der Waals surface area (Å²) in [4.78, 5) is 28.7. The average molecular weight is 625 g/mol. The van der Waals surface area contributed by atoms with Gasteiger partial charge in [0.05, 0.1) is 29.7 Å². The number of amides is 1. The van der Waals surface area contributed by atoms with Gasteiger partial charge in [0.15, 0.2) is 11.6 Å². The predicted molar refractivity (Wildman–Crippen MR) is 160 cm³/mol. The predicted octanol–water partition coefficient (Wildman–Crippen LogP) is 5.85. The third-order valence-electron chi connectivity index (χ3n) is 7.38. The summed E-state index contributed by atoms with van der Waals surface area (Å²) in [7, 11) is 0. The van der Waals surface area contributed by atoms with E-state index >= 15 is 4.39 Å². The molecule has 2 aromatic carbocycles. The molecule has 1 amide bonds. The minimum atomic E-state index is -1.03. The highest BCUT2D eigenvalue weighted by atomic mass is 35.5. The monoisotopic (exact) mass is 624 g/mol. The van der Waals surface area contributed by atoms with Crippen molar-refractivity contribution in [2.75, 3.05) is 50.9 Å². The molecule has 0 radical (unpaired) electrons. The Kier molecular flexibility index (Phi) is 8.90. The van der Waals surface area contributed by atoms with Crippen molar-refractivity contribution < 1.29 is 27.4 Å². The maximum absolute atomic E-state index is 16.4. The Morgan fingerprint density at radius 1 is 1.18 bits per heavy atom. The Bertz CT molecular complexity index is 1800. The lowest BCUT2D eigenvalue weighted by Crippen LogP contribution is -2.49. The lowest BCUT2D eigenvalue weighted by Gasteiger charge is -2.37. The Morgan fingerprint density at radius 3 is 2.52 bits per heavy atom. The number of benzene rings is 2. The van der Waals surface area contributed by atoms with Crippen molar-refractivity contribution in [3.8, 4) is 23.3 Å². The first-order chi connectivity index (χ1) is 21.1. The normalized spacial score (nSPS) is 15.7. The minimum absolute atomic E-state index is 0.0330. The molecule has 0 saturated carbocycles. The van der Waals surface area contributed by atoms with Crippen LogP contribution >= 0.6 is 11.6 Å². The molecule has 6 rings (SSSR count). The number of aromatic nitrogens is 3. The van der Waals surface area contributed by atoms with Crippen molar-refractivity contribution in [2.24, 2.45) is 5.41 Å². The van der Waals surface area contributed by atoms with Gasteiger partial charge in [-0.15, -0.1) is 0 Å². The summed E-state index contributed by atoms with van der Waals surface area (Å²) in [6.45, 7) is 8.85. The molecular formula is C31H28ClF3N6O3. The maximum Gasteiger partial charge on any atom is 0.319 e. The molecule has 2 saturated heterocycles. The number of piperazine rings is 1. The van der Waals surface area contributed by atoms with Crippen LogP contribution in [0.3, 0.4) is 0 Å². The number of rotatable bonds is 6. The van der Waals surface area contributed by atoms with Crippen LogP contribution in [0.2, 0.25) is 5.02 Å². The zero-order valence-electron chi connectivity index (χ0n) is 24.0. The quantitative estimate of drug-likeness (QED) is 0.246. The SMILES string of the molecule is C=C(F)C(=O)N1CCN(c2nc(OCC3(C)COC3)nc3c(F)c(-c4cccc5ccc(F)c(Cl)c45)ncc23)CC1.CC#N. The summed E-state index contributed by atoms with van der Waals surface area (Å²) >= 11 is 6.32. The fraction of sp³-hybridized carbons (Fsp3) is 0.323. The highest BCUT2D eigenvalue weighted by Crippen LogP contribution is 2.38. The first kappa shape index (κ1) is 31.0. The van der Waals surface area contributed by atoms with Crippen LogP contribution in [0.1, 0.15) is 13.8 Å². The van der Waals surface area contributed by atoms with E-state index in [0.29, 0.717) is 53.8 Å². The lowest BCUT2D eigenvalue weighted by molar-refractivity contribution is -0.128. The van der Waals surface area contributed by atoms with Gasteiger partial charge < -0.3 is 19.3 Å². The second-order valence-corrected chi connectivity index (χ2v) is 11.2. The van der Waals surface area contributed by atoms with Gasteiger partial charge in [-0.2, -0.15) is 15.2 Å². The van der Waals surface area contributed by atoms with E-state index in [1.165, 1.54) is 24.1 Å². The van der Waals surface area contributed by atoms with Crippen molar-refractivity contribution in [1.29, 1.82) is 5.26 Å². The molecule has 0 bridgehead atoms. The number of carbonyl (C=O) groups excluding carboxylic acids is 1. The Balaban J connectivity index is 0.00000123. The molecule has 0 unspecified atom stereocenters. The van der Waals surface area contributed by atoms with Crippen molar-refractivity contribution in [3.63, 3.8) is 0 Å². The fourth-order valence-electron chi connectivity index (χ4n) is 5.09. The molecule has 44 heavy (non-hydrogen) atoms. The Labute approximate surface area is 256 Å². The van der Waals surface area contributed by atoms with Crippen molar-refractivity contribution >= 4 is 45.0 Å². The van der Waals surface area contributed by atoms with Crippen LogP contribution in [0.15, 0.2) is 48.9 Å². The van der Waals surface area contributed by atoms with Crippen molar-refractivity contribution in [2.45, 2.75) is 13.8 Å². The van der Waals surface area contributed by atoms with E-state index in [2.05, 4.69) is 21.5 Å². The number of fused-ring (bicyclic) bond motifs is 2. The smallest absolute Gasteiger partial charge is 0.319 e.